The molecule has 1 N–H and O–H groups in total. The Balaban J connectivity index is 1.57. The van der Waals surface area contributed by atoms with Crippen LogP contribution in [0.4, 0.5) is 5.69 Å². The molecule has 0 saturated carbocycles. The number of aromatic nitrogens is 4. The molecule has 4 rings (SSSR count). The highest BCUT2D eigenvalue weighted by molar-refractivity contribution is 7.99. The van der Waals surface area contributed by atoms with Crippen molar-refractivity contribution in [2.45, 2.75) is 12.1 Å². The van der Waals surface area contributed by atoms with Gasteiger partial charge in [0.1, 0.15) is 5.75 Å². The highest BCUT2D eigenvalue weighted by Gasteiger charge is 2.17. The standard InChI is InChI=1S/C22H21N5O2S/c1-16-7-5-9-18(13-16)23-20(28)15-30-22-25-24-21(27(22)26-11-3-4-12-26)17-8-6-10-19(14-17)29-2/h3-14H,15H2,1-2H3,(H,23,28). The summed E-state index contributed by atoms with van der Waals surface area (Å²) >= 11 is 1.33. The summed E-state index contributed by atoms with van der Waals surface area (Å²) in [7, 11) is 1.63. The predicted molar refractivity (Wildman–Crippen MR) is 118 cm³/mol. The Morgan fingerprint density at radius 3 is 2.63 bits per heavy atom. The van der Waals surface area contributed by atoms with Crippen LogP contribution in [0.25, 0.3) is 11.4 Å². The summed E-state index contributed by atoms with van der Waals surface area (Å²) in [6.07, 6.45) is 3.81. The van der Waals surface area contributed by atoms with Crippen LogP contribution in [0.5, 0.6) is 5.75 Å². The van der Waals surface area contributed by atoms with Gasteiger partial charge in [0.15, 0.2) is 5.82 Å². The number of amides is 1. The number of nitrogens with one attached hydrogen (secondary N) is 1. The molecule has 0 aliphatic rings. The minimum atomic E-state index is -0.101. The van der Waals surface area contributed by atoms with Crippen LogP contribution in [0.1, 0.15) is 5.56 Å². The van der Waals surface area contributed by atoms with Crippen molar-refractivity contribution in [3.63, 3.8) is 0 Å². The number of methoxy groups -OCH3 is 1. The molecular formula is C22H21N5O2S. The number of nitrogens with zero attached hydrogens (tertiary/aromatic N) is 4. The molecule has 4 aromatic rings. The Bertz CT molecular complexity index is 1150. The lowest BCUT2D eigenvalue weighted by atomic mass is 10.2. The van der Waals surface area contributed by atoms with Crippen LogP contribution in [0.15, 0.2) is 78.2 Å². The number of ether oxygens (including phenoxy) is 1. The van der Waals surface area contributed by atoms with Gasteiger partial charge < -0.3 is 10.1 Å². The summed E-state index contributed by atoms with van der Waals surface area (Å²) in [5, 5.41) is 12.2. The SMILES string of the molecule is COc1cccc(-c2nnc(SCC(=O)Nc3cccc(C)c3)n2-n2cccc2)c1. The van der Waals surface area contributed by atoms with Crippen LogP contribution in [0.2, 0.25) is 0 Å². The Morgan fingerprint density at radius 1 is 1.07 bits per heavy atom. The van der Waals surface area contributed by atoms with Crippen LogP contribution in [-0.2, 0) is 4.79 Å². The van der Waals surface area contributed by atoms with E-state index < -0.39 is 0 Å². The molecule has 0 saturated heterocycles. The van der Waals surface area contributed by atoms with Gasteiger partial charge in [-0.25, -0.2) is 4.68 Å². The molecule has 0 aliphatic heterocycles. The van der Waals surface area contributed by atoms with Gasteiger partial charge in [0.25, 0.3) is 0 Å². The number of carbonyl (C=O) groups excluding carboxylic acids is 1. The molecule has 0 radical (unpaired) electrons. The third-order valence-electron chi connectivity index (χ3n) is 4.39. The van der Waals surface area contributed by atoms with E-state index in [0.29, 0.717) is 11.0 Å². The molecule has 1 amide bonds. The second-order valence-corrected chi connectivity index (χ2v) is 7.56. The van der Waals surface area contributed by atoms with Crippen LogP contribution in [-0.4, -0.2) is 38.3 Å². The lowest BCUT2D eigenvalue weighted by molar-refractivity contribution is -0.113. The van der Waals surface area contributed by atoms with Gasteiger partial charge in [-0.05, 0) is 48.9 Å². The van der Waals surface area contributed by atoms with Crippen LogP contribution >= 0.6 is 11.8 Å². The zero-order chi connectivity index (χ0) is 20.9. The number of carbonyl (C=O) groups is 1. The van der Waals surface area contributed by atoms with E-state index >= 15 is 0 Å². The van der Waals surface area contributed by atoms with Crippen molar-refractivity contribution >= 4 is 23.4 Å². The maximum atomic E-state index is 12.4. The number of rotatable bonds is 7. The van der Waals surface area contributed by atoms with Crippen molar-refractivity contribution in [1.82, 2.24) is 19.5 Å². The molecule has 0 fully saturated rings. The molecule has 2 heterocycles. The molecule has 2 aromatic heterocycles. The number of aryl methyl sites for hydroxylation is 1. The number of benzene rings is 2. The van der Waals surface area contributed by atoms with Crippen LogP contribution in [0, 0.1) is 6.92 Å². The van der Waals surface area contributed by atoms with E-state index in [2.05, 4.69) is 15.5 Å². The Morgan fingerprint density at radius 2 is 1.87 bits per heavy atom. The smallest absolute Gasteiger partial charge is 0.234 e. The van der Waals surface area contributed by atoms with Crippen LogP contribution < -0.4 is 10.1 Å². The van der Waals surface area contributed by atoms with Crippen molar-refractivity contribution in [2.75, 3.05) is 18.2 Å². The highest BCUT2D eigenvalue weighted by Crippen LogP contribution is 2.27. The summed E-state index contributed by atoms with van der Waals surface area (Å²) in [6.45, 7) is 1.99. The Kier molecular flexibility index (Phi) is 5.85. The number of hydrogen-bond donors (Lipinski definition) is 1. The average Bonchev–Trinajstić information content (AvgIpc) is 3.42. The molecule has 30 heavy (non-hydrogen) atoms. The molecular weight excluding hydrogens is 398 g/mol. The van der Waals surface area contributed by atoms with Crippen LogP contribution in [0.3, 0.4) is 0 Å². The second-order valence-electron chi connectivity index (χ2n) is 6.62. The fourth-order valence-electron chi connectivity index (χ4n) is 3.01. The summed E-state index contributed by atoms with van der Waals surface area (Å²) in [4.78, 5) is 12.4. The first kappa shape index (κ1) is 19.8. The Hall–Kier alpha value is -3.52. The van der Waals surface area contributed by atoms with E-state index in [4.69, 9.17) is 4.74 Å². The van der Waals surface area contributed by atoms with Gasteiger partial charge in [0.05, 0.1) is 12.9 Å². The fourth-order valence-corrected chi connectivity index (χ4v) is 3.75. The summed E-state index contributed by atoms with van der Waals surface area (Å²) < 4.78 is 9.09. The zero-order valence-corrected chi connectivity index (χ0v) is 17.5. The van der Waals surface area contributed by atoms with E-state index in [0.717, 1.165) is 22.6 Å². The van der Waals surface area contributed by atoms with E-state index in [1.54, 1.807) is 7.11 Å². The van der Waals surface area contributed by atoms with E-state index in [9.17, 15) is 4.79 Å². The lowest BCUT2D eigenvalue weighted by Gasteiger charge is -2.12. The third kappa shape index (κ3) is 4.38. The number of anilines is 1. The van der Waals surface area contributed by atoms with E-state index in [1.807, 2.05) is 89.3 Å². The molecule has 0 atom stereocenters. The van der Waals surface area contributed by atoms with E-state index in [1.165, 1.54) is 11.8 Å². The normalized spacial score (nSPS) is 10.7. The van der Waals surface area contributed by atoms with Crippen molar-refractivity contribution in [3.05, 3.63) is 78.6 Å². The molecule has 0 spiro atoms. The first-order valence-electron chi connectivity index (χ1n) is 9.37. The lowest BCUT2D eigenvalue weighted by Crippen LogP contribution is -2.16. The summed E-state index contributed by atoms with van der Waals surface area (Å²) in [5.41, 5.74) is 2.74. The molecule has 8 heteroatoms. The Labute approximate surface area is 178 Å². The third-order valence-corrected chi connectivity index (χ3v) is 5.31. The maximum absolute atomic E-state index is 12.4. The van der Waals surface area contributed by atoms with Gasteiger partial charge in [0.2, 0.25) is 11.1 Å². The quantitative estimate of drug-likeness (QED) is 0.457. The zero-order valence-electron chi connectivity index (χ0n) is 16.6. The summed E-state index contributed by atoms with van der Waals surface area (Å²) in [5.74, 6) is 1.51. The first-order valence-corrected chi connectivity index (χ1v) is 10.4. The van der Waals surface area contributed by atoms with Gasteiger partial charge in [-0.3, -0.25) is 9.47 Å². The van der Waals surface area contributed by atoms with Gasteiger partial charge in [-0.1, -0.05) is 36.0 Å². The largest absolute Gasteiger partial charge is 0.497 e. The molecule has 0 unspecified atom stereocenters. The molecule has 7 nitrogen and oxygen atoms in total. The highest BCUT2D eigenvalue weighted by atomic mass is 32.2. The minimum Gasteiger partial charge on any atom is -0.497 e. The first-order chi connectivity index (χ1) is 14.6. The van der Waals surface area contributed by atoms with Gasteiger partial charge in [0, 0.05) is 23.6 Å². The number of thioether (sulfide) groups is 1. The average molecular weight is 420 g/mol. The fraction of sp³-hybridized carbons (Fsp3) is 0.136. The maximum Gasteiger partial charge on any atom is 0.234 e. The molecule has 0 aliphatic carbocycles. The predicted octanol–water partition coefficient (Wildman–Crippen LogP) is 4.11. The van der Waals surface area contributed by atoms with Gasteiger partial charge in [-0.2, -0.15) is 0 Å². The van der Waals surface area contributed by atoms with Crippen molar-refractivity contribution in [2.24, 2.45) is 0 Å². The topological polar surface area (TPSA) is 74.0 Å². The number of hydrogen-bond acceptors (Lipinski definition) is 5. The van der Waals surface area contributed by atoms with Crippen molar-refractivity contribution in [3.8, 4) is 17.1 Å². The summed E-state index contributed by atoms with van der Waals surface area (Å²) in [6, 6.07) is 19.2. The van der Waals surface area contributed by atoms with Crippen molar-refractivity contribution in [1.29, 1.82) is 0 Å². The molecule has 152 valence electrons. The van der Waals surface area contributed by atoms with Crippen molar-refractivity contribution < 1.29 is 9.53 Å². The minimum absolute atomic E-state index is 0.101. The van der Waals surface area contributed by atoms with Gasteiger partial charge in [-0.15, -0.1) is 10.2 Å². The molecule has 2 aromatic carbocycles. The van der Waals surface area contributed by atoms with Gasteiger partial charge >= 0.3 is 0 Å². The van der Waals surface area contributed by atoms with E-state index in [-0.39, 0.29) is 11.7 Å². The monoisotopic (exact) mass is 419 g/mol. The second kappa shape index (κ2) is 8.87. The molecule has 0 bridgehead atoms.